The number of carboxylic acids is 1. The zero-order valence-corrected chi connectivity index (χ0v) is 10.7. The average molecular weight is 313 g/mol. The third-order valence-corrected chi connectivity index (χ3v) is 3.30. The van der Waals surface area contributed by atoms with Gasteiger partial charge in [-0.2, -0.15) is 0 Å². The number of hydrogen-bond acceptors (Lipinski definition) is 3. The van der Waals surface area contributed by atoms with Crippen LogP contribution in [0.1, 0.15) is 15.9 Å². The fourth-order valence-electron chi connectivity index (χ4n) is 1.59. The van der Waals surface area contributed by atoms with Crippen LogP contribution in [0, 0.1) is 0 Å². The number of imide groups is 1. The van der Waals surface area contributed by atoms with Crippen LogP contribution in [0.25, 0.3) is 0 Å². The van der Waals surface area contributed by atoms with Crippen molar-refractivity contribution in [3.63, 3.8) is 0 Å². The molecule has 1 aromatic carbocycles. The molecule has 94 valence electrons. The number of aromatic carboxylic acids is 1. The maximum Gasteiger partial charge on any atom is 0.335 e. The number of benzene rings is 1. The van der Waals surface area contributed by atoms with Gasteiger partial charge in [0, 0.05) is 4.47 Å². The molecule has 0 atom stereocenters. The molecule has 1 heterocycles. The van der Waals surface area contributed by atoms with Crippen LogP contribution in [0.4, 0.5) is 4.79 Å². The van der Waals surface area contributed by atoms with E-state index >= 15 is 0 Å². The molecule has 18 heavy (non-hydrogen) atoms. The van der Waals surface area contributed by atoms with Gasteiger partial charge in [-0.05, 0) is 17.7 Å². The molecule has 7 heteroatoms. The summed E-state index contributed by atoms with van der Waals surface area (Å²) in [6.45, 7) is 0.120. The van der Waals surface area contributed by atoms with Gasteiger partial charge in [0.05, 0.1) is 18.7 Å². The topological polar surface area (TPSA) is 86.7 Å². The Balaban J connectivity index is 2.22. The molecule has 0 radical (unpaired) electrons. The first kappa shape index (κ1) is 12.6. The van der Waals surface area contributed by atoms with Crippen molar-refractivity contribution in [2.45, 2.75) is 6.54 Å². The van der Waals surface area contributed by atoms with E-state index in [9.17, 15) is 14.4 Å². The number of carbonyl (C=O) groups excluding carboxylic acids is 2. The first-order chi connectivity index (χ1) is 8.49. The van der Waals surface area contributed by atoms with Crippen LogP contribution in [0.5, 0.6) is 0 Å². The summed E-state index contributed by atoms with van der Waals surface area (Å²) in [6, 6.07) is 4.01. The Labute approximate surface area is 111 Å². The summed E-state index contributed by atoms with van der Waals surface area (Å²) in [4.78, 5) is 34.6. The lowest BCUT2D eigenvalue weighted by Gasteiger charge is -2.13. The Morgan fingerprint density at radius 3 is 2.67 bits per heavy atom. The molecule has 6 nitrogen and oxygen atoms in total. The molecule has 2 N–H and O–H groups in total. The van der Waals surface area contributed by atoms with Crippen molar-refractivity contribution in [2.24, 2.45) is 0 Å². The molecule has 0 bridgehead atoms. The van der Waals surface area contributed by atoms with Gasteiger partial charge in [0.25, 0.3) is 0 Å². The highest BCUT2D eigenvalue weighted by Crippen LogP contribution is 2.21. The van der Waals surface area contributed by atoms with E-state index in [2.05, 4.69) is 21.2 Å². The summed E-state index contributed by atoms with van der Waals surface area (Å²) < 4.78 is 0.551. The van der Waals surface area contributed by atoms with Crippen molar-refractivity contribution >= 4 is 33.8 Å². The standard InChI is InChI=1S/C11H9BrN2O4/c12-8-3-6(10(16)17)1-2-7(8)5-14-9(15)4-13-11(14)18/h1-3H,4-5H2,(H,13,18)(H,16,17). The number of urea groups is 1. The molecule has 0 aliphatic carbocycles. The average Bonchev–Trinajstić information content (AvgIpc) is 2.63. The first-order valence-electron chi connectivity index (χ1n) is 5.09. The molecule has 0 aromatic heterocycles. The molecule has 1 aliphatic rings. The van der Waals surface area contributed by atoms with Gasteiger partial charge in [0.2, 0.25) is 5.91 Å². The number of carboxylic acid groups (broad SMARTS) is 1. The second-order valence-electron chi connectivity index (χ2n) is 3.75. The molecular formula is C11H9BrN2O4. The van der Waals surface area contributed by atoms with Gasteiger partial charge >= 0.3 is 12.0 Å². The van der Waals surface area contributed by atoms with Crippen molar-refractivity contribution < 1.29 is 19.5 Å². The maximum atomic E-state index is 11.4. The van der Waals surface area contributed by atoms with Crippen LogP contribution in [0.2, 0.25) is 0 Å². The molecule has 1 fully saturated rings. The number of nitrogens with one attached hydrogen (secondary N) is 1. The minimum absolute atomic E-state index is 0.00363. The zero-order valence-electron chi connectivity index (χ0n) is 9.14. The molecule has 0 saturated carbocycles. The Kier molecular flexibility index (Phi) is 3.33. The van der Waals surface area contributed by atoms with E-state index in [1.807, 2.05) is 0 Å². The minimum Gasteiger partial charge on any atom is -0.478 e. The number of carbonyl (C=O) groups is 3. The van der Waals surface area contributed by atoms with Crippen LogP contribution >= 0.6 is 15.9 Å². The summed E-state index contributed by atoms with van der Waals surface area (Å²) in [7, 11) is 0. The zero-order chi connectivity index (χ0) is 13.3. The number of rotatable bonds is 3. The number of amides is 3. The van der Waals surface area contributed by atoms with Gasteiger partial charge in [-0.1, -0.05) is 22.0 Å². The van der Waals surface area contributed by atoms with Gasteiger partial charge in [0.15, 0.2) is 0 Å². The summed E-state index contributed by atoms with van der Waals surface area (Å²) in [5.74, 6) is -1.33. The van der Waals surface area contributed by atoms with E-state index < -0.39 is 12.0 Å². The minimum atomic E-state index is -1.03. The van der Waals surface area contributed by atoms with E-state index in [1.54, 1.807) is 6.07 Å². The smallest absolute Gasteiger partial charge is 0.335 e. The van der Waals surface area contributed by atoms with E-state index in [4.69, 9.17) is 5.11 Å². The first-order valence-corrected chi connectivity index (χ1v) is 5.88. The number of halogens is 1. The SMILES string of the molecule is O=C(O)c1ccc(CN2C(=O)CNC2=O)c(Br)c1. The van der Waals surface area contributed by atoms with Crippen molar-refractivity contribution in [3.8, 4) is 0 Å². The van der Waals surface area contributed by atoms with E-state index in [0.717, 1.165) is 4.90 Å². The second kappa shape index (κ2) is 4.77. The second-order valence-corrected chi connectivity index (χ2v) is 4.60. The Morgan fingerprint density at radius 1 is 1.44 bits per heavy atom. The normalized spacial score (nSPS) is 14.8. The molecule has 0 spiro atoms. The van der Waals surface area contributed by atoms with Crippen LogP contribution in [0.15, 0.2) is 22.7 Å². The molecule has 1 saturated heterocycles. The highest BCUT2D eigenvalue weighted by Gasteiger charge is 2.28. The van der Waals surface area contributed by atoms with Crippen LogP contribution < -0.4 is 5.32 Å². The fraction of sp³-hybridized carbons (Fsp3) is 0.182. The van der Waals surface area contributed by atoms with Crippen molar-refractivity contribution in [1.82, 2.24) is 10.2 Å². The molecule has 1 aliphatic heterocycles. The van der Waals surface area contributed by atoms with E-state index in [1.165, 1.54) is 12.1 Å². The maximum absolute atomic E-state index is 11.4. The summed E-state index contributed by atoms with van der Waals surface area (Å²) >= 11 is 3.23. The third-order valence-electron chi connectivity index (χ3n) is 2.57. The molecule has 0 unspecified atom stereocenters. The lowest BCUT2D eigenvalue weighted by molar-refractivity contribution is -0.125. The summed E-state index contributed by atoms with van der Waals surface area (Å²) in [5.41, 5.74) is 0.813. The predicted molar refractivity (Wildman–Crippen MR) is 65.1 cm³/mol. The van der Waals surface area contributed by atoms with Gasteiger partial charge in [0.1, 0.15) is 0 Å². The molecular weight excluding hydrogens is 304 g/mol. The van der Waals surface area contributed by atoms with Crippen molar-refractivity contribution in [1.29, 1.82) is 0 Å². The Bertz CT molecular complexity index is 528. The van der Waals surface area contributed by atoms with Gasteiger partial charge in [-0.3, -0.25) is 9.69 Å². The predicted octanol–water partition coefficient (Wildman–Crippen LogP) is 1.20. The van der Waals surface area contributed by atoms with Crippen LogP contribution in [-0.4, -0.2) is 34.5 Å². The summed E-state index contributed by atoms with van der Waals surface area (Å²) in [5, 5.41) is 11.2. The lowest BCUT2D eigenvalue weighted by atomic mass is 10.1. The Hall–Kier alpha value is -1.89. The van der Waals surface area contributed by atoms with Gasteiger partial charge in [-0.25, -0.2) is 9.59 Å². The summed E-state index contributed by atoms with van der Waals surface area (Å²) in [6.07, 6.45) is 0. The molecule has 1 aromatic rings. The molecule has 3 amide bonds. The quantitative estimate of drug-likeness (QED) is 0.821. The van der Waals surface area contributed by atoms with Crippen LogP contribution in [0.3, 0.4) is 0 Å². The fourth-order valence-corrected chi connectivity index (χ4v) is 2.10. The largest absolute Gasteiger partial charge is 0.478 e. The monoisotopic (exact) mass is 312 g/mol. The van der Waals surface area contributed by atoms with Crippen molar-refractivity contribution in [3.05, 3.63) is 33.8 Å². The lowest BCUT2D eigenvalue weighted by Crippen LogP contribution is -2.30. The third kappa shape index (κ3) is 2.35. The van der Waals surface area contributed by atoms with Gasteiger partial charge < -0.3 is 10.4 Å². The highest BCUT2D eigenvalue weighted by molar-refractivity contribution is 9.10. The van der Waals surface area contributed by atoms with E-state index in [0.29, 0.717) is 10.0 Å². The van der Waals surface area contributed by atoms with Crippen LogP contribution in [-0.2, 0) is 11.3 Å². The van der Waals surface area contributed by atoms with Gasteiger partial charge in [-0.15, -0.1) is 0 Å². The number of hydrogen-bond donors (Lipinski definition) is 2. The molecule has 2 rings (SSSR count). The number of nitrogens with zero attached hydrogens (tertiary/aromatic N) is 1. The van der Waals surface area contributed by atoms with E-state index in [-0.39, 0.29) is 24.6 Å². The highest BCUT2D eigenvalue weighted by atomic mass is 79.9. The Morgan fingerprint density at radius 2 is 2.17 bits per heavy atom. The van der Waals surface area contributed by atoms with Crippen molar-refractivity contribution in [2.75, 3.05) is 6.54 Å².